The molecule has 1 aromatic rings. The molecule has 0 fully saturated rings. The van der Waals surface area contributed by atoms with Gasteiger partial charge in [0.15, 0.2) is 5.82 Å². The fourth-order valence-corrected chi connectivity index (χ4v) is 1.67. The van der Waals surface area contributed by atoms with Crippen LogP contribution in [0.3, 0.4) is 0 Å². The molecule has 17 heavy (non-hydrogen) atoms. The van der Waals surface area contributed by atoms with Gasteiger partial charge >= 0.3 is 6.18 Å². The average molecular weight is 290 g/mol. The van der Waals surface area contributed by atoms with Crippen molar-refractivity contribution in [1.82, 2.24) is 0 Å². The number of anilines is 1. The van der Waals surface area contributed by atoms with Crippen molar-refractivity contribution in [1.29, 1.82) is 0 Å². The highest BCUT2D eigenvalue weighted by Gasteiger charge is 2.25. The van der Waals surface area contributed by atoms with Gasteiger partial charge < -0.3 is 5.32 Å². The first-order chi connectivity index (χ1) is 7.79. The van der Waals surface area contributed by atoms with Crippen LogP contribution in [0.25, 0.3) is 0 Å². The van der Waals surface area contributed by atoms with E-state index in [0.717, 1.165) is 0 Å². The Balaban J connectivity index is 2.48. The average Bonchev–Trinajstić information content (AvgIpc) is 2.19. The highest BCUT2D eigenvalue weighted by molar-refractivity contribution is 6.35. The normalized spacial score (nSPS) is 11.6. The Labute approximate surface area is 106 Å². The highest BCUT2D eigenvalue weighted by Crippen LogP contribution is 2.27. The molecule has 1 N–H and O–H groups in total. The Bertz CT molecular complexity index is 369. The fourth-order valence-electron chi connectivity index (χ4n) is 1.18. The first-order valence-corrected chi connectivity index (χ1v) is 5.50. The zero-order valence-electron chi connectivity index (χ0n) is 8.54. The Kier molecular flexibility index (Phi) is 4.89. The molecule has 0 unspecified atom stereocenters. The van der Waals surface area contributed by atoms with E-state index in [4.69, 9.17) is 23.2 Å². The predicted molar refractivity (Wildman–Crippen MR) is 60.2 cm³/mol. The molecule has 96 valence electrons. The van der Waals surface area contributed by atoms with Crippen LogP contribution in [0.4, 0.5) is 23.2 Å². The number of nitrogens with one attached hydrogen (secondary N) is 1. The molecule has 0 aromatic heterocycles. The first-order valence-electron chi connectivity index (χ1n) is 4.75. The summed E-state index contributed by atoms with van der Waals surface area (Å²) in [5.74, 6) is -0.742. The third-order valence-corrected chi connectivity index (χ3v) is 2.50. The van der Waals surface area contributed by atoms with E-state index in [0.29, 0.717) is 5.69 Å². The summed E-state index contributed by atoms with van der Waals surface area (Å²) in [6, 6.07) is 2.55. The minimum Gasteiger partial charge on any atom is -0.385 e. The molecule has 0 radical (unpaired) electrons. The number of alkyl halides is 3. The van der Waals surface area contributed by atoms with Crippen LogP contribution in [0.5, 0.6) is 0 Å². The van der Waals surface area contributed by atoms with E-state index in [1.807, 2.05) is 0 Å². The van der Waals surface area contributed by atoms with Gasteiger partial charge in [0.25, 0.3) is 0 Å². The van der Waals surface area contributed by atoms with Crippen LogP contribution in [0.2, 0.25) is 10.0 Å². The molecule has 1 rings (SSSR count). The van der Waals surface area contributed by atoms with Crippen LogP contribution < -0.4 is 5.32 Å². The van der Waals surface area contributed by atoms with Crippen LogP contribution in [-0.4, -0.2) is 12.7 Å². The summed E-state index contributed by atoms with van der Waals surface area (Å²) in [5.41, 5.74) is 0.392. The lowest BCUT2D eigenvalue weighted by Gasteiger charge is -2.09. The van der Waals surface area contributed by atoms with Crippen molar-refractivity contribution in [3.05, 3.63) is 28.0 Å². The molecule has 1 nitrogen and oxygen atoms in total. The summed E-state index contributed by atoms with van der Waals surface area (Å²) >= 11 is 11.1. The summed E-state index contributed by atoms with van der Waals surface area (Å²) in [7, 11) is 0. The van der Waals surface area contributed by atoms with Crippen molar-refractivity contribution in [2.24, 2.45) is 0 Å². The summed E-state index contributed by atoms with van der Waals surface area (Å²) in [5, 5.41) is 2.35. The van der Waals surface area contributed by atoms with Crippen LogP contribution >= 0.6 is 23.2 Å². The topological polar surface area (TPSA) is 12.0 Å². The SMILES string of the molecule is Fc1c(Cl)cc(NCCCC(F)(F)F)cc1Cl. The Hall–Kier alpha value is -0.680. The maximum absolute atomic E-state index is 13.0. The molecule has 0 saturated heterocycles. The molecule has 1 aromatic carbocycles. The highest BCUT2D eigenvalue weighted by atomic mass is 35.5. The first kappa shape index (κ1) is 14.4. The van der Waals surface area contributed by atoms with Crippen molar-refractivity contribution >= 4 is 28.9 Å². The van der Waals surface area contributed by atoms with E-state index in [2.05, 4.69) is 5.32 Å². The van der Waals surface area contributed by atoms with Crippen molar-refractivity contribution < 1.29 is 17.6 Å². The van der Waals surface area contributed by atoms with Crippen molar-refractivity contribution in [3.8, 4) is 0 Å². The number of rotatable bonds is 4. The molecular weight excluding hydrogens is 281 g/mol. The molecule has 0 atom stereocenters. The van der Waals surface area contributed by atoms with Crippen LogP contribution in [0, 0.1) is 5.82 Å². The molecule has 7 heteroatoms. The second kappa shape index (κ2) is 5.78. The lowest BCUT2D eigenvalue weighted by Crippen LogP contribution is -2.11. The Morgan fingerprint density at radius 2 is 1.65 bits per heavy atom. The third kappa shape index (κ3) is 5.00. The number of halogens is 6. The molecular formula is C10H9Cl2F4N. The lowest BCUT2D eigenvalue weighted by molar-refractivity contribution is -0.134. The third-order valence-electron chi connectivity index (χ3n) is 1.95. The number of hydrogen-bond acceptors (Lipinski definition) is 1. The molecule has 0 saturated carbocycles. The largest absolute Gasteiger partial charge is 0.389 e. The zero-order chi connectivity index (χ0) is 13.1. The minimum atomic E-state index is -4.17. The van der Waals surface area contributed by atoms with E-state index >= 15 is 0 Å². The van der Waals surface area contributed by atoms with Gasteiger partial charge in [0, 0.05) is 18.7 Å². The smallest absolute Gasteiger partial charge is 0.385 e. The Morgan fingerprint density at radius 3 is 2.12 bits per heavy atom. The maximum atomic E-state index is 13.0. The number of benzene rings is 1. The molecule has 0 aliphatic rings. The molecule has 0 spiro atoms. The van der Waals surface area contributed by atoms with E-state index in [1.165, 1.54) is 12.1 Å². The standard InChI is InChI=1S/C10H9Cl2F4N/c11-7-4-6(5-8(12)9(7)13)17-3-1-2-10(14,15)16/h4-5,17H,1-3H2. The Morgan fingerprint density at radius 1 is 1.12 bits per heavy atom. The van der Waals surface area contributed by atoms with Gasteiger partial charge in [-0.2, -0.15) is 13.2 Å². The molecule has 0 bridgehead atoms. The lowest BCUT2D eigenvalue weighted by atomic mass is 10.2. The van der Waals surface area contributed by atoms with Crippen LogP contribution in [0.1, 0.15) is 12.8 Å². The molecule has 0 aliphatic carbocycles. The van der Waals surface area contributed by atoms with E-state index < -0.39 is 18.4 Å². The van der Waals surface area contributed by atoms with Gasteiger partial charge in [-0.3, -0.25) is 0 Å². The van der Waals surface area contributed by atoms with Gasteiger partial charge in [0.2, 0.25) is 0 Å². The van der Waals surface area contributed by atoms with Gasteiger partial charge in [-0.1, -0.05) is 23.2 Å². The van der Waals surface area contributed by atoms with E-state index in [-0.39, 0.29) is 23.0 Å². The second-order valence-corrected chi connectivity index (χ2v) is 4.21. The van der Waals surface area contributed by atoms with E-state index in [1.54, 1.807) is 0 Å². The van der Waals surface area contributed by atoms with Gasteiger partial charge in [-0.05, 0) is 18.6 Å². The zero-order valence-corrected chi connectivity index (χ0v) is 10.1. The number of hydrogen-bond donors (Lipinski definition) is 1. The monoisotopic (exact) mass is 289 g/mol. The van der Waals surface area contributed by atoms with Crippen molar-refractivity contribution in [2.75, 3.05) is 11.9 Å². The second-order valence-electron chi connectivity index (χ2n) is 3.40. The molecule has 0 heterocycles. The van der Waals surface area contributed by atoms with Gasteiger partial charge in [-0.25, -0.2) is 4.39 Å². The fraction of sp³-hybridized carbons (Fsp3) is 0.400. The summed E-state index contributed by atoms with van der Waals surface area (Å²) in [4.78, 5) is 0. The summed E-state index contributed by atoms with van der Waals surface area (Å²) < 4.78 is 48.5. The summed E-state index contributed by atoms with van der Waals surface area (Å²) in [6.45, 7) is 0.109. The van der Waals surface area contributed by atoms with Gasteiger partial charge in [0.1, 0.15) is 0 Å². The maximum Gasteiger partial charge on any atom is 0.389 e. The molecule has 0 amide bonds. The van der Waals surface area contributed by atoms with Crippen molar-refractivity contribution in [3.63, 3.8) is 0 Å². The van der Waals surface area contributed by atoms with Gasteiger partial charge in [-0.15, -0.1) is 0 Å². The van der Waals surface area contributed by atoms with Crippen LogP contribution in [0.15, 0.2) is 12.1 Å². The molecule has 0 aliphatic heterocycles. The van der Waals surface area contributed by atoms with Crippen LogP contribution in [-0.2, 0) is 0 Å². The minimum absolute atomic E-state index is 0.0733. The van der Waals surface area contributed by atoms with Gasteiger partial charge in [0.05, 0.1) is 10.0 Å². The van der Waals surface area contributed by atoms with E-state index in [9.17, 15) is 17.6 Å². The quantitative estimate of drug-likeness (QED) is 0.473. The summed E-state index contributed by atoms with van der Waals surface area (Å²) in [6.07, 6.45) is -5.11. The van der Waals surface area contributed by atoms with Crippen molar-refractivity contribution in [2.45, 2.75) is 19.0 Å². The predicted octanol–water partition coefficient (Wildman–Crippen LogP) is 4.89.